The summed E-state index contributed by atoms with van der Waals surface area (Å²) in [6.07, 6.45) is 2.26. The van der Waals surface area contributed by atoms with Crippen molar-refractivity contribution in [2.45, 2.75) is 25.4 Å². The number of para-hydroxylation sites is 1. The Kier molecular flexibility index (Phi) is 3.80. The van der Waals surface area contributed by atoms with Crippen molar-refractivity contribution in [1.29, 1.82) is 0 Å². The highest BCUT2D eigenvalue weighted by molar-refractivity contribution is 5.46. The Morgan fingerprint density at radius 1 is 1.31 bits per heavy atom. The standard InChI is InChI=1S/C13H20N2O/c1-15(12-6-8-16-9-7-12)10-11-4-2-3-5-13(11)14/h2-5,12H,6-10,14H2,1H3. The molecule has 1 aromatic carbocycles. The lowest BCUT2D eigenvalue weighted by molar-refractivity contribution is 0.0407. The van der Waals surface area contributed by atoms with Crippen LogP contribution in [0.25, 0.3) is 0 Å². The summed E-state index contributed by atoms with van der Waals surface area (Å²) in [5, 5.41) is 0. The number of anilines is 1. The Bertz CT molecular complexity index is 334. The van der Waals surface area contributed by atoms with Crippen molar-refractivity contribution in [3.05, 3.63) is 29.8 Å². The molecule has 0 amide bonds. The monoisotopic (exact) mass is 220 g/mol. The molecule has 1 heterocycles. The molecule has 1 fully saturated rings. The third-order valence-electron chi connectivity index (χ3n) is 3.29. The molecule has 0 aliphatic carbocycles. The number of nitrogen functional groups attached to an aromatic ring is 1. The SMILES string of the molecule is CN(Cc1ccccc1N)C1CCOCC1. The van der Waals surface area contributed by atoms with Gasteiger partial charge >= 0.3 is 0 Å². The number of nitrogens with two attached hydrogens (primary N) is 1. The van der Waals surface area contributed by atoms with Crippen molar-refractivity contribution in [3.8, 4) is 0 Å². The van der Waals surface area contributed by atoms with Crippen LogP contribution in [-0.2, 0) is 11.3 Å². The number of hydrogen-bond donors (Lipinski definition) is 1. The molecular formula is C13H20N2O. The van der Waals surface area contributed by atoms with Crippen molar-refractivity contribution in [2.75, 3.05) is 26.0 Å². The van der Waals surface area contributed by atoms with E-state index in [1.807, 2.05) is 18.2 Å². The zero-order valence-electron chi connectivity index (χ0n) is 9.86. The maximum atomic E-state index is 5.95. The van der Waals surface area contributed by atoms with E-state index >= 15 is 0 Å². The Morgan fingerprint density at radius 2 is 2.00 bits per heavy atom. The Morgan fingerprint density at radius 3 is 2.69 bits per heavy atom. The Hall–Kier alpha value is -1.06. The average Bonchev–Trinajstić information content (AvgIpc) is 2.33. The number of hydrogen-bond acceptors (Lipinski definition) is 3. The third-order valence-corrected chi connectivity index (χ3v) is 3.29. The quantitative estimate of drug-likeness (QED) is 0.790. The van der Waals surface area contributed by atoms with Gasteiger partial charge in [-0.2, -0.15) is 0 Å². The molecule has 1 aromatic rings. The highest BCUT2D eigenvalue weighted by Gasteiger charge is 2.18. The highest BCUT2D eigenvalue weighted by atomic mass is 16.5. The van der Waals surface area contributed by atoms with Gasteiger partial charge in [-0.25, -0.2) is 0 Å². The maximum Gasteiger partial charge on any atom is 0.0480 e. The maximum absolute atomic E-state index is 5.95. The van der Waals surface area contributed by atoms with Gasteiger partial charge in [0.25, 0.3) is 0 Å². The molecule has 3 heteroatoms. The molecule has 3 nitrogen and oxygen atoms in total. The molecular weight excluding hydrogens is 200 g/mol. The summed E-state index contributed by atoms with van der Waals surface area (Å²) in [5.41, 5.74) is 8.06. The topological polar surface area (TPSA) is 38.5 Å². The van der Waals surface area contributed by atoms with Crippen molar-refractivity contribution < 1.29 is 4.74 Å². The van der Waals surface area contributed by atoms with Gasteiger partial charge in [0.05, 0.1) is 0 Å². The molecule has 1 saturated heterocycles. The fourth-order valence-corrected chi connectivity index (χ4v) is 2.20. The van der Waals surface area contributed by atoms with E-state index in [0.717, 1.165) is 38.3 Å². The van der Waals surface area contributed by atoms with E-state index in [9.17, 15) is 0 Å². The van der Waals surface area contributed by atoms with E-state index in [4.69, 9.17) is 10.5 Å². The van der Waals surface area contributed by atoms with E-state index < -0.39 is 0 Å². The first-order valence-electron chi connectivity index (χ1n) is 5.89. The lowest BCUT2D eigenvalue weighted by atomic mass is 10.1. The molecule has 0 saturated carbocycles. The van der Waals surface area contributed by atoms with Crippen LogP contribution in [-0.4, -0.2) is 31.2 Å². The van der Waals surface area contributed by atoms with Crippen molar-refractivity contribution in [3.63, 3.8) is 0 Å². The van der Waals surface area contributed by atoms with Crippen molar-refractivity contribution in [1.82, 2.24) is 4.90 Å². The van der Waals surface area contributed by atoms with Crippen LogP contribution in [0.15, 0.2) is 24.3 Å². The van der Waals surface area contributed by atoms with Gasteiger partial charge in [0.15, 0.2) is 0 Å². The molecule has 0 bridgehead atoms. The fraction of sp³-hybridized carbons (Fsp3) is 0.538. The predicted molar refractivity (Wildman–Crippen MR) is 66.2 cm³/mol. The lowest BCUT2D eigenvalue weighted by Crippen LogP contribution is -2.36. The molecule has 0 aromatic heterocycles. The summed E-state index contributed by atoms with van der Waals surface area (Å²) >= 11 is 0. The first-order chi connectivity index (χ1) is 7.77. The molecule has 2 N–H and O–H groups in total. The van der Waals surface area contributed by atoms with Gasteiger partial charge in [0.1, 0.15) is 0 Å². The number of benzene rings is 1. The van der Waals surface area contributed by atoms with Crippen molar-refractivity contribution in [2.24, 2.45) is 0 Å². The predicted octanol–water partition coefficient (Wildman–Crippen LogP) is 1.88. The van der Waals surface area contributed by atoms with Gasteiger partial charge in [-0.05, 0) is 31.5 Å². The highest BCUT2D eigenvalue weighted by Crippen LogP contribution is 2.18. The fourth-order valence-electron chi connectivity index (χ4n) is 2.20. The second-order valence-corrected chi connectivity index (χ2v) is 4.46. The molecule has 0 atom stereocenters. The molecule has 1 aliphatic heterocycles. The second kappa shape index (κ2) is 5.32. The summed E-state index contributed by atoms with van der Waals surface area (Å²) in [6, 6.07) is 8.73. The first kappa shape index (κ1) is 11.4. The van der Waals surface area contributed by atoms with Crippen LogP contribution in [0, 0.1) is 0 Å². The van der Waals surface area contributed by atoms with E-state index in [2.05, 4.69) is 18.0 Å². The molecule has 0 unspecified atom stereocenters. The van der Waals surface area contributed by atoms with Crippen LogP contribution in [0.2, 0.25) is 0 Å². The summed E-state index contributed by atoms with van der Waals surface area (Å²) in [5.74, 6) is 0. The van der Waals surface area contributed by atoms with Crippen LogP contribution in [0.5, 0.6) is 0 Å². The minimum Gasteiger partial charge on any atom is -0.398 e. The zero-order chi connectivity index (χ0) is 11.4. The number of ether oxygens (including phenoxy) is 1. The molecule has 1 aliphatic rings. The van der Waals surface area contributed by atoms with Gasteiger partial charge in [0.2, 0.25) is 0 Å². The molecule has 2 rings (SSSR count). The third kappa shape index (κ3) is 2.74. The summed E-state index contributed by atoms with van der Waals surface area (Å²) < 4.78 is 5.37. The minimum atomic E-state index is 0.633. The summed E-state index contributed by atoms with van der Waals surface area (Å²) in [7, 11) is 2.17. The van der Waals surface area contributed by atoms with Gasteiger partial charge in [-0.1, -0.05) is 18.2 Å². The number of nitrogens with zero attached hydrogens (tertiary/aromatic N) is 1. The van der Waals surface area contributed by atoms with Gasteiger partial charge in [0, 0.05) is 31.5 Å². The Balaban J connectivity index is 1.96. The normalized spacial score (nSPS) is 17.9. The second-order valence-electron chi connectivity index (χ2n) is 4.46. The van der Waals surface area contributed by atoms with Gasteiger partial charge < -0.3 is 10.5 Å². The van der Waals surface area contributed by atoms with Crippen molar-refractivity contribution >= 4 is 5.69 Å². The largest absolute Gasteiger partial charge is 0.398 e. The molecule has 88 valence electrons. The first-order valence-corrected chi connectivity index (χ1v) is 5.89. The smallest absolute Gasteiger partial charge is 0.0480 e. The average molecular weight is 220 g/mol. The number of rotatable bonds is 3. The summed E-state index contributed by atoms with van der Waals surface area (Å²) in [6.45, 7) is 2.70. The van der Waals surface area contributed by atoms with Gasteiger partial charge in [-0.3, -0.25) is 4.90 Å². The van der Waals surface area contributed by atoms with E-state index in [1.54, 1.807) is 0 Å². The molecule has 0 spiro atoms. The van der Waals surface area contributed by atoms with E-state index in [0.29, 0.717) is 6.04 Å². The van der Waals surface area contributed by atoms with E-state index in [-0.39, 0.29) is 0 Å². The minimum absolute atomic E-state index is 0.633. The van der Waals surface area contributed by atoms with Crippen LogP contribution < -0.4 is 5.73 Å². The van der Waals surface area contributed by atoms with Gasteiger partial charge in [-0.15, -0.1) is 0 Å². The zero-order valence-corrected chi connectivity index (χ0v) is 9.86. The molecule has 16 heavy (non-hydrogen) atoms. The summed E-state index contributed by atoms with van der Waals surface area (Å²) in [4.78, 5) is 2.38. The lowest BCUT2D eigenvalue weighted by Gasteiger charge is -2.31. The van der Waals surface area contributed by atoms with Crippen LogP contribution in [0.4, 0.5) is 5.69 Å². The van der Waals surface area contributed by atoms with Crippen LogP contribution in [0.1, 0.15) is 18.4 Å². The molecule has 0 radical (unpaired) electrons. The van der Waals surface area contributed by atoms with Crippen LogP contribution >= 0.6 is 0 Å². The Labute approximate surface area is 97.2 Å². The van der Waals surface area contributed by atoms with E-state index in [1.165, 1.54) is 5.56 Å². The van der Waals surface area contributed by atoms with Crippen LogP contribution in [0.3, 0.4) is 0 Å².